The van der Waals surface area contributed by atoms with Crippen LogP contribution in [0.4, 0.5) is 0 Å². The normalized spacial score (nSPS) is 10.8. The van der Waals surface area contributed by atoms with Gasteiger partial charge in [-0.2, -0.15) is 5.10 Å². The summed E-state index contributed by atoms with van der Waals surface area (Å²) >= 11 is 18.3. The zero-order valence-corrected chi connectivity index (χ0v) is 18.1. The van der Waals surface area contributed by atoms with E-state index in [1.54, 1.807) is 67.8 Å². The number of ether oxygens (including phenoxy) is 2. The molecule has 3 rings (SSSR count). The molecule has 5 nitrogen and oxygen atoms in total. The maximum absolute atomic E-state index is 12.1. The zero-order chi connectivity index (χ0) is 21.5. The van der Waals surface area contributed by atoms with Crippen molar-refractivity contribution in [2.45, 2.75) is 6.61 Å². The summed E-state index contributed by atoms with van der Waals surface area (Å²) in [5.41, 5.74) is 4.25. The van der Waals surface area contributed by atoms with Gasteiger partial charge in [0.15, 0.2) is 11.5 Å². The number of nitrogens with zero attached hydrogens (tertiary/aromatic N) is 1. The van der Waals surface area contributed by atoms with Crippen LogP contribution in [0.25, 0.3) is 0 Å². The van der Waals surface area contributed by atoms with Gasteiger partial charge < -0.3 is 9.47 Å². The summed E-state index contributed by atoms with van der Waals surface area (Å²) in [4.78, 5) is 12.1. The van der Waals surface area contributed by atoms with Crippen molar-refractivity contribution in [1.82, 2.24) is 5.43 Å². The maximum atomic E-state index is 12.1. The molecule has 3 aromatic carbocycles. The van der Waals surface area contributed by atoms with E-state index >= 15 is 0 Å². The molecule has 8 heteroatoms. The van der Waals surface area contributed by atoms with E-state index in [4.69, 9.17) is 44.3 Å². The van der Waals surface area contributed by atoms with Crippen molar-refractivity contribution in [3.63, 3.8) is 0 Å². The summed E-state index contributed by atoms with van der Waals surface area (Å²) in [7, 11) is 1.55. The Morgan fingerprint density at radius 1 is 1.00 bits per heavy atom. The average molecular weight is 464 g/mol. The molecule has 0 aromatic heterocycles. The van der Waals surface area contributed by atoms with Crippen LogP contribution in [0.3, 0.4) is 0 Å². The van der Waals surface area contributed by atoms with Crippen LogP contribution in [0.5, 0.6) is 11.5 Å². The minimum atomic E-state index is -0.368. The van der Waals surface area contributed by atoms with Gasteiger partial charge in [0, 0.05) is 26.2 Å². The Morgan fingerprint density at radius 3 is 2.43 bits per heavy atom. The topological polar surface area (TPSA) is 59.9 Å². The molecule has 1 N–H and O–H groups in total. The second-order valence-corrected chi connectivity index (χ2v) is 7.36. The van der Waals surface area contributed by atoms with Crippen LogP contribution in [0, 0.1) is 0 Å². The fourth-order valence-electron chi connectivity index (χ4n) is 2.57. The van der Waals surface area contributed by atoms with Crippen LogP contribution in [0.15, 0.2) is 65.8 Å². The summed E-state index contributed by atoms with van der Waals surface area (Å²) < 4.78 is 11.2. The molecule has 0 bridgehead atoms. The van der Waals surface area contributed by atoms with E-state index in [0.717, 1.165) is 0 Å². The van der Waals surface area contributed by atoms with Crippen LogP contribution in [0.1, 0.15) is 21.5 Å². The predicted molar refractivity (Wildman–Crippen MR) is 120 cm³/mol. The number of hydrogen-bond acceptors (Lipinski definition) is 4. The highest BCUT2D eigenvalue weighted by Gasteiger charge is 2.10. The van der Waals surface area contributed by atoms with E-state index in [1.807, 2.05) is 0 Å². The van der Waals surface area contributed by atoms with Crippen LogP contribution in [-0.2, 0) is 6.61 Å². The van der Waals surface area contributed by atoms with Gasteiger partial charge in [0.1, 0.15) is 6.61 Å². The lowest BCUT2D eigenvalue weighted by atomic mass is 10.2. The quantitative estimate of drug-likeness (QED) is 0.345. The highest BCUT2D eigenvalue weighted by molar-refractivity contribution is 6.36. The van der Waals surface area contributed by atoms with Gasteiger partial charge in [0.2, 0.25) is 0 Å². The van der Waals surface area contributed by atoms with Gasteiger partial charge in [-0.25, -0.2) is 5.43 Å². The van der Waals surface area contributed by atoms with Crippen molar-refractivity contribution in [1.29, 1.82) is 0 Å². The number of halogens is 3. The molecule has 0 aliphatic carbocycles. The van der Waals surface area contributed by atoms with Crippen molar-refractivity contribution in [2.75, 3.05) is 7.11 Å². The lowest BCUT2D eigenvalue weighted by Crippen LogP contribution is -2.17. The maximum Gasteiger partial charge on any atom is 0.271 e. The van der Waals surface area contributed by atoms with Crippen molar-refractivity contribution >= 4 is 46.9 Å². The highest BCUT2D eigenvalue weighted by Crippen LogP contribution is 2.31. The Bertz CT molecular complexity index is 1070. The molecule has 0 aliphatic rings. The van der Waals surface area contributed by atoms with E-state index < -0.39 is 0 Å². The molecule has 3 aromatic rings. The number of benzene rings is 3. The Balaban J connectivity index is 1.70. The van der Waals surface area contributed by atoms with Crippen LogP contribution >= 0.6 is 34.8 Å². The van der Waals surface area contributed by atoms with E-state index in [1.165, 1.54) is 6.21 Å². The highest BCUT2D eigenvalue weighted by atomic mass is 35.5. The summed E-state index contributed by atoms with van der Waals surface area (Å²) in [5.74, 6) is 0.656. The number of amides is 1. The molecule has 0 aliphatic heterocycles. The van der Waals surface area contributed by atoms with Crippen molar-refractivity contribution < 1.29 is 14.3 Å². The molecule has 0 saturated carbocycles. The fourth-order valence-corrected chi connectivity index (χ4v) is 3.26. The zero-order valence-electron chi connectivity index (χ0n) is 15.9. The number of hydrogen-bond donors (Lipinski definition) is 1. The molecular weight excluding hydrogens is 447 g/mol. The van der Waals surface area contributed by atoms with E-state index in [-0.39, 0.29) is 12.5 Å². The largest absolute Gasteiger partial charge is 0.493 e. The average Bonchev–Trinajstić information content (AvgIpc) is 2.73. The van der Waals surface area contributed by atoms with Crippen molar-refractivity contribution in [2.24, 2.45) is 5.10 Å². The van der Waals surface area contributed by atoms with Crippen molar-refractivity contribution in [3.8, 4) is 11.5 Å². The second-order valence-electron chi connectivity index (χ2n) is 6.11. The second kappa shape index (κ2) is 10.3. The molecule has 0 heterocycles. The Morgan fingerprint density at radius 2 is 1.73 bits per heavy atom. The van der Waals surface area contributed by atoms with E-state index in [9.17, 15) is 4.79 Å². The number of rotatable bonds is 7. The number of methoxy groups -OCH3 is 1. The molecule has 0 fully saturated rings. The number of nitrogens with one attached hydrogen (secondary N) is 1. The lowest BCUT2D eigenvalue weighted by Gasteiger charge is -2.13. The van der Waals surface area contributed by atoms with Gasteiger partial charge in [0.25, 0.3) is 5.91 Å². The third-order valence-electron chi connectivity index (χ3n) is 4.09. The van der Waals surface area contributed by atoms with E-state index in [0.29, 0.717) is 43.3 Å². The minimum absolute atomic E-state index is 0.168. The molecular formula is C22H17Cl3N2O3. The first-order valence-corrected chi connectivity index (χ1v) is 9.94. The molecule has 0 atom stereocenters. The first kappa shape index (κ1) is 22.0. The molecule has 154 valence electrons. The van der Waals surface area contributed by atoms with Gasteiger partial charge in [-0.1, -0.05) is 46.9 Å². The molecule has 0 unspecified atom stereocenters. The first-order valence-electron chi connectivity index (χ1n) is 8.80. The number of carbonyl (C=O) groups excluding carboxylic acids is 1. The van der Waals surface area contributed by atoms with Crippen LogP contribution in [0.2, 0.25) is 15.1 Å². The van der Waals surface area contributed by atoms with Gasteiger partial charge in [0.05, 0.1) is 13.3 Å². The first-order chi connectivity index (χ1) is 14.5. The minimum Gasteiger partial charge on any atom is -0.493 e. The van der Waals surface area contributed by atoms with Crippen molar-refractivity contribution in [3.05, 3.63) is 92.4 Å². The molecule has 0 saturated heterocycles. The van der Waals surface area contributed by atoms with Crippen LogP contribution < -0.4 is 14.9 Å². The summed E-state index contributed by atoms with van der Waals surface area (Å²) in [6, 6.07) is 17.1. The Hall–Kier alpha value is -2.73. The lowest BCUT2D eigenvalue weighted by molar-refractivity contribution is 0.0955. The smallest absolute Gasteiger partial charge is 0.271 e. The summed E-state index contributed by atoms with van der Waals surface area (Å²) in [5, 5.41) is 5.49. The molecule has 1 amide bonds. The summed E-state index contributed by atoms with van der Waals surface area (Å²) in [6.07, 6.45) is 1.50. The number of hydrazone groups is 1. The van der Waals surface area contributed by atoms with Gasteiger partial charge >= 0.3 is 0 Å². The van der Waals surface area contributed by atoms with Crippen LogP contribution in [-0.4, -0.2) is 19.2 Å². The van der Waals surface area contributed by atoms with Gasteiger partial charge in [-0.15, -0.1) is 0 Å². The molecule has 0 radical (unpaired) electrons. The fraction of sp³-hybridized carbons (Fsp3) is 0.0909. The molecule has 30 heavy (non-hydrogen) atoms. The Kier molecular flexibility index (Phi) is 7.57. The third-order valence-corrected chi connectivity index (χ3v) is 5.03. The molecule has 0 spiro atoms. The number of carbonyl (C=O) groups is 1. The van der Waals surface area contributed by atoms with Gasteiger partial charge in [-0.3, -0.25) is 4.79 Å². The SMILES string of the molecule is COc1ccc(/C=N\NC(=O)c2cccc(Cl)c2)cc1OCc1c(Cl)cccc1Cl. The monoisotopic (exact) mass is 462 g/mol. The standard InChI is InChI=1S/C22H17Cl3N2O3/c1-29-20-9-8-14(12-26-27-22(28)15-4-2-5-16(23)11-15)10-21(20)30-13-17-18(24)6-3-7-19(17)25/h2-12H,13H2,1H3,(H,27,28)/b26-12-. The predicted octanol–water partition coefficient (Wildman–Crippen LogP) is 6.00. The summed E-state index contributed by atoms with van der Waals surface area (Å²) in [6.45, 7) is 0.168. The van der Waals surface area contributed by atoms with E-state index in [2.05, 4.69) is 10.5 Å². The third kappa shape index (κ3) is 5.66. The Labute approximate surface area is 189 Å². The van der Waals surface area contributed by atoms with Gasteiger partial charge in [-0.05, 0) is 54.1 Å².